The molecular formula is C13H19N5. The molecule has 0 radical (unpaired) electrons. The van der Waals surface area contributed by atoms with E-state index in [-0.39, 0.29) is 0 Å². The van der Waals surface area contributed by atoms with Crippen molar-refractivity contribution in [2.45, 2.75) is 33.1 Å². The molecule has 5 heteroatoms. The molecule has 0 saturated carbocycles. The van der Waals surface area contributed by atoms with Crippen molar-refractivity contribution in [3.8, 4) is 11.6 Å². The number of aromatic nitrogens is 4. The summed E-state index contributed by atoms with van der Waals surface area (Å²) in [5.74, 6) is 2.25. The van der Waals surface area contributed by atoms with Gasteiger partial charge >= 0.3 is 0 Å². The molecule has 0 aliphatic rings. The van der Waals surface area contributed by atoms with Crippen molar-refractivity contribution in [2.75, 3.05) is 11.9 Å². The summed E-state index contributed by atoms with van der Waals surface area (Å²) in [5, 5.41) is 3.30. The Morgan fingerprint density at radius 3 is 2.78 bits per heavy atom. The first kappa shape index (κ1) is 12.5. The van der Waals surface area contributed by atoms with Gasteiger partial charge in [-0.25, -0.2) is 15.0 Å². The number of rotatable bonds is 6. The third-order valence-corrected chi connectivity index (χ3v) is 2.55. The smallest absolute Gasteiger partial charge is 0.197 e. The maximum atomic E-state index is 4.53. The van der Waals surface area contributed by atoms with Crippen molar-refractivity contribution in [1.82, 2.24) is 19.9 Å². The molecule has 5 nitrogen and oxygen atoms in total. The van der Waals surface area contributed by atoms with Crippen LogP contribution in [0.1, 0.15) is 32.4 Å². The Balaban J connectivity index is 2.30. The Hall–Kier alpha value is -1.91. The Morgan fingerprint density at radius 1 is 1.22 bits per heavy atom. The Kier molecular flexibility index (Phi) is 4.28. The van der Waals surface area contributed by atoms with Crippen LogP contribution >= 0.6 is 0 Å². The Labute approximate surface area is 107 Å². The molecular weight excluding hydrogens is 226 g/mol. The zero-order chi connectivity index (χ0) is 12.8. The normalized spacial score (nSPS) is 10.6. The van der Waals surface area contributed by atoms with Crippen molar-refractivity contribution in [1.29, 1.82) is 0 Å². The number of hydrogen-bond acceptors (Lipinski definition) is 4. The average Bonchev–Trinajstić information content (AvgIpc) is 2.90. The minimum Gasteiger partial charge on any atom is -0.370 e. The molecule has 2 heterocycles. The fourth-order valence-corrected chi connectivity index (χ4v) is 1.72. The van der Waals surface area contributed by atoms with E-state index in [1.807, 2.05) is 6.07 Å². The van der Waals surface area contributed by atoms with Gasteiger partial charge in [0.05, 0.1) is 0 Å². The standard InChI is InChI=1S/C13H19N5/c1-3-5-10-9-11(14-6-4-2)18-13(17-10)12-15-7-8-16-12/h7-9H,3-6H2,1-2H3,(H,15,16)(H,14,17,18). The zero-order valence-corrected chi connectivity index (χ0v) is 10.9. The maximum Gasteiger partial charge on any atom is 0.197 e. The second kappa shape index (κ2) is 6.14. The summed E-state index contributed by atoms with van der Waals surface area (Å²) in [7, 11) is 0. The lowest BCUT2D eigenvalue weighted by atomic mass is 10.2. The summed E-state index contributed by atoms with van der Waals surface area (Å²) in [6.07, 6.45) is 6.59. The van der Waals surface area contributed by atoms with Gasteiger partial charge in [0.2, 0.25) is 0 Å². The zero-order valence-electron chi connectivity index (χ0n) is 10.9. The van der Waals surface area contributed by atoms with Crippen LogP contribution in [-0.4, -0.2) is 26.5 Å². The first-order valence-electron chi connectivity index (χ1n) is 6.45. The highest BCUT2D eigenvalue weighted by molar-refractivity contribution is 5.49. The van der Waals surface area contributed by atoms with Gasteiger partial charge in [0.25, 0.3) is 0 Å². The SMILES string of the molecule is CCCNc1cc(CCC)nc(-c2ncc[nH]2)n1. The first-order valence-corrected chi connectivity index (χ1v) is 6.45. The van der Waals surface area contributed by atoms with E-state index in [4.69, 9.17) is 0 Å². The summed E-state index contributed by atoms with van der Waals surface area (Å²) < 4.78 is 0. The lowest BCUT2D eigenvalue weighted by Crippen LogP contribution is -2.06. The van der Waals surface area contributed by atoms with E-state index in [2.05, 4.69) is 39.1 Å². The predicted octanol–water partition coefficient (Wildman–Crippen LogP) is 2.64. The van der Waals surface area contributed by atoms with Crippen LogP contribution < -0.4 is 5.32 Å². The summed E-state index contributed by atoms with van der Waals surface area (Å²) in [5.41, 5.74) is 1.05. The largest absolute Gasteiger partial charge is 0.370 e. The summed E-state index contributed by atoms with van der Waals surface area (Å²) >= 11 is 0. The molecule has 0 aliphatic carbocycles. The number of H-pyrrole nitrogens is 1. The predicted molar refractivity (Wildman–Crippen MR) is 72.4 cm³/mol. The number of hydrogen-bond donors (Lipinski definition) is 2. The van der Waals surface area contributed by atoms with Gasteiger partial charge in [0, 0.05) is 30.7 Å². The first-order chi connectivity index (χ1) is 8.83. The number of aromatic amines is 1. The molecule has 0 unspecified atom stereocenters. The number of imidazole rings is 1. The van der Waals surface area contributed by atoms with Crippen molar-refractivity contribution in [2.24, 2.45) is 0 Å². The van der Waals surface area contributed by atoms with Gasteiger partial charge in [-0.05, 0) is 12.8 Å². The molecule has 0 fully saturated rings. The van der Waals surface area contributed by atoms with E-state index in [0.717, 1.165) is 37.3 Å². The van der Waals surface area contributed by atoms with E-state index in [9.17, 15) is 0 Å². The van der Waals surface area contributed by atoms with Crippen molar-refractivity contribution < 1.29 is 0 Å². The van der Waals surface area contributed by atoms with Crippen molar-refractivity contribution in [3.63, 3.8) is 0 Å². The van der Waals surface area contributed by atoms with Crippen LogP contribution in [0, 0.1) is 0 Å². The highest BCUT2D eigenvalue weighted by Crippen LogP contribution is 2.15. The quantitative estimate of drug-likeness (QED) is 0.821. The molecule has 96 valence electrons. The van der Waals surface area contributed by atoms with E-state index >= 15 is 0 Å². The number of aryl methyl sites for hydroxylation is 1. The molecule has 2 rings (SSSR count). The molecule has 2 N–H and O–H groups in total. The highest BCUT2D eigenvalue weighted by atomic mass is 15.1. The molecule has 0 saturated heterocycles. The average molecular weight is 245 g/mol. The molecule has 0 atom stereocenters. The van der Waals surface area contributed by atoms with Gasteiger partial charge < -0.3 is 10.3 Å². The molecule has 2 aromatic rings. The van der Waals surface area contributed by atoms with Crippen LogP contribution in [0.4, 0.5) is 5.82 Å². The van der Waals surface area contributed by atoms with Crippen LogP contribution in [0.15, 0.2) is 18.5 Å². The molecule has 0 aliphatic heterocycles. The van der Waals surface area contributed by atoms with Gasteiger partial charge in [-0.2, -0.15) is 0 Å². The molecule has 18 heavy (non-hydrogen) atoms. The number of nitrogens with zero attached hydrogens (tertiary/aromatic N) is 3. The summed E-state index contributed by atoms with van der Waals surface area (Å²) in [6, 6.07) is 2.02. The van der Waals surface area contributed by atoms with Crippen LogP contribution in [-0.2, 0) is 6.42 Å². The molecule has 2 aromatic heterocycles. The van der Waals surface area contributed by atoms with Gasteiger partial charge in [0.1, 0.15) is 5.82 Å². The van der Waals surface area contributed by atoms with E-state index in [1.165, 1.54) is 0 Å². The molecule has 0 aromatic carbocycles. The van der Waals surface area contributed by atoms with Gasteiger partial charge in [0.15, 0.2) is 11.6 Å². The van der Waals surface area contributed by atoms with Crippen LogP contribution in [0.5, 0.6) is 0 Å². The summed E-state index contributed by atoms with van der Waals surface area (Å²) in [4.78, 5) is 16.3. The van der Waals surface area contributed by atoms with Gasteiger partial charge in [-0.3, -0.25) is 0 Å². The number of anilines is 1. The molecule has 0 bridgehead atoms. The monoisotopic (exact) mass is 245 g/mol. The molecule has 0 spiro atoms. The van der Waals surface area contributed by atoms with Crippen molar-refractivity contribution >= 4 is 5.82 Å². The maximum absolute atomic E-state index is 4.53. The highest BCUT2D eigenvalue weighted by Gasteiger charge is 2.08. The van der Waals surface area contributed by atoms with Crippen LogP contribution in [0.2, 0.25) is 0 Å². The lowest BCUT2D eigenvalue weighted by Gasteiger charge is -2.07. The van der Waals surface area contributed by atoms with Crippen LogP contribution in [0.25, 0.3) is 11.6 Å². The van der Waals surface area contributed by atoms with E-state index in [1.54, 1.807) is 12.4 Å². The minimum atomic E-state index is 0.657. The number of nitrogens with one attached hydrogen (secondary N) is 2. The third-order valence-electron chi connectivity index (χ3n) is 2.55. The Bertz CT molecular complexity index is 478. The fourth-order valence-electron chi connectivity index (χ4n) is 1.72. The van der Waals surface area contributed by atoms with Gasteiger partial charge in [-0.15, -0.1) is 0 Å². The van der Waals surface area contributed by atoms with E-state index in [0.29, 0.717) is 11.6 Å². The Morgan fingerprint density at radius 2 is 2.11 bits per heavy atom. The second-order valence-electron chi connectivity index (χ2n) is 4.18. The van der Waals surface area contributed by atoms with Crippen LogP contribution in [0.3, 0.4) is 0 Å². The fraction of sp³-hybridized carbons (Fsp3) is 0.462. The third kappa shape index (κ3) is 3.06. The lowest BCUT2D eigenvalue weighted by molar-refractivity contribution is 0.869. The topological polar surface area (TPSA) is 66.5 Å². The molecule has 0 amide bonds. The second-order valence-corrected chi connectivity index (χ2v) is 4.18. The van der Waals surface area contributed by atoms with Crippen molar-refractivity contribution in [3.05, 3.63) is 24.2 Å². The minimum absolute atomic E-state index is 0.657. The summed E-state index contributed by atoms with van der Waals surface area (Å²) in [6.45, 7) is 5.20. The van der Waals surface area contributed by atoms with E-state index < -0.39 is 0 Å². The van der Waals surface area contributed by atoms with Gasteiger partial charge in [-0.1, -0.05) is 20.3 Å².